The third-order valence-electron chi connectivity index (χ3n) is 5.67. The van der Waals surface area contributed by atoms with Gasteiger partial charge >= 0.3 is 0 Å². The van der Waals surface area contributed by atoms with Crippen LogP contribution in [-0.4, -0.2) is 59.8 Å². The van der Waals surface area contributed by atoms with Crippen LogP contribution in [0.1, 0.15) is 19.4 Å². The summed E-state index contributed by atoms with van der Waals surface area (Å²) in [7, 11) is 2.14. The molecule has 0 radical (unpaired) electrons. The van der Waals surface area contributed by atoms with Gasteiger partial charge in [-0.05, 0) is 44.7 Å². The molecule has 3 heterocycles. The van der Waals surface area contributed by atoms with Crippen LogP contribution in [0, 0.1) is 0 Å². The van der Waals surface area contributed by atoms with Gasteiger partial charge in [-0.3, -0.25) is 14.5 Å². The van der Waals surface area contributed by atoms with Gasteiger partial charge < -0.3 is 4.90 Å². The molecule has 7 heteroatoms. The first-order valence-electron chi connectivity index (χ1n) is 9.41. The van der Waals surface area contributed by atoms with Crippen molar-refractivity contribution in [1.29, 1.82) is 0 Å². The Balaban J connectivity index is 1.76. The number of halogens is 1. The highest BCUT2D eigenvalue weighted by Crippen LogP contribution is 2.31. The van der Waals surface area contributed by atoms with Crippen molar-refractivity contribution >= 4 is 44.5 Å². The highest BCUT2D eigenvalue weighted by atomic mass is 79.9. The van der Waals surface area contributed by atoms with Crippen molar-refractivity contribution in [2.75, 3.05) is 38.1 Å². The SMILES string of the molecule is CC1=C(C)C(=O)N(c2cc(CN3CCN(C)CC3)c3ccc(Br)cc3n2)C1=O. The largest absolute Gasteiger partial charge is 0.304 e. The Morgan fingerprint density at radius 1 is 1.00 bits per heavy atom. The van der Waals surface area contributed by atoms with Crippen LogP contribution in [0.2, 0.25) is 0 Å². The molecule has 0 unspecified atom stereocenters. The highest BCUT2D eigenvalue weighted by molar-refractivity contribution is 9.10. The van der Waals surface area contributed by atoms with Gasteiger partial charge in [-0.2, -0.15) is 0 Å². The van der Waals surface area contributed by atoms with Crippen LogP contribution in [0.25, 0.3) is 10.9 Å². The number of imide groups is 1. The number of amides is 2. The number of carbonyl (C=O) groups excluding carboxylic acids is 2. The molecule has 146 valence electrons. The summed E-state index contributed by atoms with van der Waals surface area (Å²) in [5, 5.41) is 1.05. The van der Waals surface area contributed by atoms with Crippen molar-refractivity contribution < 1.29 is 9.59 Å². The smallest absolute Gasteiger partial charge is 0.262 e. The lowest BCUT2D eigenvalue weighted by atomic mass is 10.1. The molecule has 0 atom stereocenters. The molecular weight excluding hydrogens is 420 g/mol. The Bertz CT molecular complexity index is 985. The van der Waals surface area contributed by atoms with E-state index >= 15 is 0 Å². The molecule has 4 rings (SSSR count). The summed E-state index contributed by atoms with van der Waals surface area (Å²) < 4.78 is 0.916. The van der Waals surface area contributed by atoms with E-state index in [0.717, 1.165) is 53.7 Å². The molecule has 0 N–H and O–H groups in total. The predicted octanol–water partition coefficient (Wildman–Crippen LogP) is 2.95. The van der Waals surface area contributed by atoms with Gasteiger partial charge in [0.15, 0.2) is 0 Å². The second-order valence-corrected chi connectivity index (χ2v) is 8.49. The number of rotatable bonds is 3. The van der Waals surface area contributed by atoms with Crippen molar-refractivity contribution in [2.24, 2.45) is 0 Å². The van der Waals surface area contributed by atoms with E-state index in [9.17, 15) is 9.59 Å². The Hall–Kier alpha value is -2.09. The van der Waals surface area contributed by atoms with Crippen LogP contribution in [0.3, 0.4) is 0 Å². The number of anilines is 1. The van der Waals surface area contributed by atoms with Gasteiger partial charge in [-0.15, -0.1) is 0 Å². The first-order chi connectivity index (χ1) is 13.3. The molecule has 2 aliphatic rings. The van der Waals surface area contributed by atoms with E-state index in [0.29, 0.717) is 17.0 Å². The minimum Gasteiger partial charge on any atom is -0.304 e. The summed E-state index contributed by atoms with van der Waals surface area (Å²) in [5.74, 6) is -0.161. The van der Waals surface area contributed by atoms with Crippen molar-refractivity contribution in [3.63, 3.8) is 0 Å². The Labute approximate surface area is 172 Å². The summed E-state index contributed by atoms with van der Waals surface area (Å²) in [6, 6.07) is 7.88. The minimum absolute atomic E-state index is 0.283. The second kappa shape index (κ2) is 7.39. The first-order valence-corrected chi connectivity index (χ1v) is 10.2. The summed E-state index contributed by atoms with van der Waals surface area (Å²) in [6.07, 6.45) is 0. The molecule has 1 saturated heterocycles. The zero-order valence-corrected chi connectivity index (χ0v) is 17.9. The number of nitrogens with zero attached hydrogens (tertiary/aromatic N) is 4. The normalized spacial score (nSPS) is 19.4. The van der Waals surface area contributed by atoms with E-state index < -0.39 is 0 Å². The Morgan fingerprint density at radius 3 is 2.29 bits per heavy atom. The molecule has 1 aromatic carbocycles. The van der Waals surface area contributed by atoms with Crippen LogP contribution >= 0.6 is 15.9 Å². The molecule has 0 spiro atoms. The molecular formula is C21H23BrN4O2. The fraction of sp³-hybridized carbons (Fsp3) is 0.381. The molecule has 2 aromatic rings. The lowest BCUT2D eigenvalue weighted by molar-refractivity contribution is -0.120. The van der Waals surface area contributed by atoms with Crippen molar-refractivity contribution in [1.82, 2.24) is 14.8 Å². The van der Waals surface area contributed by atoms with E-state index in [2.05, 4.69) is 37.8 Å². The molecule has 0 aliphatic carbocycles. The van der Waals surface area contributed by atoms with Gasteiger partial charge in [0.2, 0.25) is 0 Å². The molecule has 1 aromatic heterocycles. The molecule has 2 aliphatic heterocycles. The number of piperazine rings is 1. The lowest BCUT2D eigenvalue weighted by Crippen LogP contribution is -2.43. The van der Waals surface area contributed by atoms with E-state index in [1.165, 1.54) is 4.90 Å². The van der Waals surface area contributed by atoms with Gasteiger partial charge in [-0.1, -0.05) is 22.0 Å². The monoisotopic (exact) mass is 442 g/mol. The number of benzene rings is 1. The second-order valence-electron chi connectivity index (χ2n) is 7.58. The summed E-state index contributed by atoms with van der Waals surface area (Å²) in [5.41, 5.74) is 2.84. The number of fused-ring (bicyclic) bond motifs is 1. The Morgan fingerprint density at radius 2 is 1.64 bits per heavy atom. The van der Waals surface area contributed by atoms with Gasteiger partial charge in [0.05, 0.1) is 5.52 Å². The maximum atomic E-state index is 12.6. The van der Waals surface area contributed by atoms with E-state index in [4.69, 9.17) is 0 Å². The predicted molar refractivity (Wildman–Crippen MR) is 113 cm³/mol. The molecule has 1 fully saturated rings. The number of likely N-dealkylation sites (N-methyl/N-ethyl adjacent to an activating group) is 1. The van der Waals surface area contributed by atoms with Crippen molar-refractivity contribution in [3.8, 4) is 0 Å². The number of hydrogen-bond donors (Lipinski definition) is 0. The third kappa shape index (κ3) is 3.38. The molecule has 28 heavy (non-hydrogen) atoms. The third-order valence-corrected chi connectivity index (χ3v) is 6.17. The van der Waals surface area contributed by atoms with E-state index in [-0.39, 0.29) is 11.8 Å². The van der Waals surface area contributed by atoms with Crippen molar-refractivity contribution in [2.45, 2.75) is 20.4 Å². The van der Waals surface area contributed by atoms with Gasteiger partial charge in [0.1, 0.15) is 5.82 Å². The highest BCUT2D eigenvalue weighted by Gasteiger charge is 2.35. The van der Waals surface area contributed by atoms with Gasteiger partial charge in [0.25, 0.3) is 11.8 Å². The van der Waals surface area contributed by atoms with Crippen LogP contribution in [0.15, 0.2) is 39.9 Å². The minimum atomic E-state index is -0.283. The van der Waals surface area contributed by atoms with Crippen LogP contribution in [-0.2, 0) is 16.1 Å². The maximum Gasteiger partial charge on any atom is 0.262 e. The summed E-state index contributed by atoms with van der Waals surface area (Å²) >= 11 is 3.50. The van der Waals surface area contributed by atoms with E-state index in [1.807, 2.05) is 24.3 Å². The summed E-state index contributed by atoms with van der Waals surface area (Å²) in [4.78, 5) is 35.9. The number of pyridine rings is 1. The lowest BCUT2D eigenvalue weighted by Gasteiger charge is -2.32. The topological polar surface area (TPSA) is 56.8 Å². The van der Waals surface area contributed by atoms with Gasteiger partial charge in [-0.25, -0.2) is 9.88 Å². The Kier molecular flexibility index (Phi) is 5.07. The first kappa shape index (κ1) is 19.2. The van der Waals surface area contributed by atoms with Crippen LogP contribution < -0.4 is 4.90 Å². The standard InChI is InChI=1S/C21H23BrN4O2/c1-13-14(2)21(28)26(20(13)27)19-10-15(12-25-8-6-24(3)7-9-25)17-5-4-16(22)11-18(17)23-19/h4-5,10-11H,6-9,12H2,1-3H3. The van der Waals surface area contributed by atoms with Gasteiger partial charge in [0, 0.05) is 53.7 Å². The number of carbonyl (C=O) groups is 2. The number of hydrogen-bond acceptors (Lipinski definition) is 5. The zero-order valence-electron chi connectivity index (χ0n) is 16.3. The summed E-state index contributed by atoms with van der Waals surface area (Å²) in [6.45, 7) is 8.21. The average molecular weight is 443 g/mol. The zero-order chi connectivity index (χ0) is 20.0. The molecule has 0 saturated carbocycles. The van der Waals surface area contributed by atoms with Crippen LogP contribution in [0.5, 0.6) is 0 Å². The fourth-order valence-electron chi connectivity index (χ4n) is 3.71. The molecule has 6 nitrogen and oxygen atoms in total. The quantitative estimate of drug-likeness (QED) is 0.683. The number of aromatic nitrogens is 1. The van der Waals surface area contributed by atoms with Crippen LogP contribution in [0.4, 0.5) is 5.82 Å². The molecule has 0 bridgehead atoms. The fourth-order valence-corrected chi connectivity index (χ4v) is 4.06. The van der Waals surface area contributed by atoms with E-state index in [1.54, 1.807) is 13.8 Å². The average Bonchev–Trinajstić information content (AvgIpc) is 2.86. The van der Waals surface area contributed by atoms with Crippen molar-refractivity contribution in [3.05, 3.63) is 45.4 Å². The molecule has 2 amide bonds. The maximum absolute atomic E-state index is 12.6.